The standard InChI is InChI=1S/C22H27BrN8/c1-13(25)9-20(26)29-21-18-6-3-14(23)10-19(18)28-22(30-21)27-15-11-16-4-5-17(12-15)31(16)8-2-7-24/h3,6,9-10,15-17H,2,4-5,8,11-12,25H2,1H3,(H3,26,27,28,29,30)/b13-9-/t15?,16-,17+. The van der Waals surface area contributed by atoms with Crippen LogP contribution in [-0.4, -0.2) is 45.4 Å². The number of nitrogens with two attached hydrogens (primary N) is 2. The van der Waals surface area contributed by atoms with E-state index < -0.39 is 0 Å². The molecule has 4 rings (SSSR count). The van der Waals surface area contributed by atoms with Crippen molar-refractivity contribution in [3.05, 3.63) is 34.4 Å². The van der Waals surface area contributed by atoms with E-state index in [4.69, 9.17) is 21.7 Å². The second-order valence-electron chi connectivity index (χ2n) is 8.30. The number of nitrogens with zero attached hydrogens (tertiary/aromatic N) is 5. The molecule has 0 spiro atoms. The monoisotopic (exact) mass is 482 g/mol. The van der Waals surface area contributed by atoms with Gasteiger partial charge in [-0.15, -0.1) is 0 Å². The van der Waals surface area contributed by atoms with Gasteiger partial charge in [-0.3, -0.25) is 4.90 Å². The van der Waals surface area contributed by atoms with Crippen LogP contribution in [0.25, 0.3) is 10.9 Å². The van der Waals surface area contributed by atoms with Crippen molar-refractivity contribution in [3.63, 3.8) is 0 Å². The van der Waals surface area contributed by atoms with E-state index in [1.165, 1.54) is 12.8 Å². The zero-order valence-corrected chi connectivity index (χ0v) is 19.1. The first-order valence-electron chi connectivity index (χ1n) is 10.6. The van der Waals surface area contributed by atoms with Crippen molar-refractivity contribution < 1.29 is 0 Å². The first-order valence-corrected chi connectivity index (χ1v) is 11.4. The van der Waals surface area contributed by atoms with Crippen molar-refractivity contribution in [1.29, 1.82) is 5.26 Å². The molecule has 0 radical (unpaired) electrons. The zero-order valence-electron chi connectivity index (χ0n) is 17.6. The molecule has 2 aliphatic rings. The Labute approximate surface area is 190 Å². The van der Waals surface area contributed by atoms with Crippen LogP contribution >= 0.6 is 15.9 Å². The van der Waals surface area contributed by atoms with Gasteiger partial charge in [-0.25, -0.2) is 9.98 Å². The van der Waals surface area contributed by atoms with Crippen molar-refractivity contribution in [2.45, 2.75) is 57.2 Å². The van der Waals surface area contributed by atoms with E-state index in [0.29, 0.717) is 47.8 Å². The van der Waals surface area contributed by atoms with E-state index in [0.717, 1.165) is 34.8 Å². The van der Waals surface area contributed by atoms with Gasteiger partial charge in [0.05, 0.1) is 11.6 Å². The number of aromatic nitrogens is 2. The third-order valence-electron chi connectivity index (χ3n) is 5.95. The Kier molecular flexibility index (Phi) is 6.39. The molecule has 1 unspecified atom stereocenters. The topological polar surface area (TPSA) is 129 Å². The maximum absolute atomic E-state index is 8.94. The average molecular weight is 483 g/mol. The van der Waals surface area contributed by atoms with Crippen LogP contribution < -0.4 is 16.8 Å². The van der Waals surface area contributed by atoms with Crippen LogP contribution in [0.4, 0.5) is 11.8 Å². The lowest BCUT2D eigenvalue weighted by atomic mass is 9.97. The van der Waals surface area contributed by atoms with Crippen molar-refractivity contribution in [3.8, 4) is 6.07 Å². The SMILES string of the molecule is C/C(N)=C/C(N)=Nc1nc(NC2C[C@H]3CC[C@@H](C2)N3CCC#N)nc2cc(Br)ccc12. The van der Waals surface area contributed by atoms with E-state index in [1.807, 2.05) is 18.2 Å². The lowest BCUT2D eigenvalue weighted by Gasteiger charge is -2.38. The molecule has 2 bridgehead atoms. The fourth-order valence-electron chi connectivity index (χ4n) is 4.74. The van der Waals surface area contributed by atoms with Crippen LogP contribution in [0, 0.1) is 11.3 Å². The van der Waals surface area contributed by atoms with Crippen molar-refractivity contribution in [2.24, 2.45) is 16.5 Å². The highest BCUT2D eigenvalue weighted by Crippen LogP contribution is 2.37. The lowest BCUT2D eigenvalue weighted by molar-refractivity contribution is 0.135. The van der Waals surface area contributed by atoms with Crippen LogP contribution in [0.2, 0.25) is 0 Å². The number of amidine groups is 1. The summed E-state index contributed by atoms with van der Waals surface area (Å²) in [5.41, 5.74) is 13.1. The number of halogens is 1. The summed E-state index contributed by atoms with van der Waals surface area (Å²) >= 11 is 3.52. The molecule has 2 aromatic rings. The number of hydrogen-bond donors (Lipinski definition) is 3. The smallest absolute Gasteiger partial charge is 0.225 e. The van der Waals surface area contributed by atoms with E-state index >= 15 is 0 Å². The maximum Gasteiger partial charge on any atom is 0.225 e. The number of allylic oxidation sites excluding steroid dienone is 1. The van der Waals surface area contributed by atoms with Crippen molar-refractivity contribution in [1.82, 2.24) is 14.9 Å². The molecular formula is C22H27BrN8. The van der Waals surface area contributed by atoms with E-state index in [9.17, 15) is 0 Å². The molecule has 3 heterocycles. The second-order valence-corrected chi connectivity index (χ2v) is 9.22. The second kappa shape index (κ2) is 9.20. The summed E-state index contributed by atoms with van der Waals surface area (Å²) in [5.74, 6) is 1.38. The molecule has 2 aliphatic heterocycles. The number of nitriles is 1. The number of hydrogen-bond acceptors (Lipinski definition) is 7. The Morgan fingerprint density at radius 3 is 2.74 bits per heavy atom. The van der Waals surface area contributed by atoms with Gasteiger partial charge in [0.15, 0.2) is 5.82 Å². The molecule has 2 saturated heterocycles. The molecule has 5 N–H and O–H groups in total. The zero-order chi connectivity index (χ0) is 22.0. The van der Waals surface area contributed by atoms with Crippen LogP contribution in [0.5, 0.6) is 0 Å². The quantitative estimate of drug-likeness (QED) is 0.423. The highest BCUT2D eigenvalue weighted by Gasteiger charge is 2.40. The number of anilines is 1. The highest BCUT2D eigenvalue weighted by atomic mass is 79.9. The highest BCUT2D eigenvalue weighted by molar-refractivity contribution is 9.10. The number of benzene rings is 1. The molecule has 9 heteroatoms. The molecular weight excluding hydrogens is 456 g/mol. The third kappa shape index (κ3) is 4.97. The summed E-state index contributed by atoms with van der Waals surface area (Å²) in [4.78, 5) is 16.4. The first kappa shape index (κ1) is 21.5. The number of rotatable bonds is 6. The normalized spacial score (nSPS) is 24.4. The minimum atomic E-state index is 0.292. The first-order chi connectivity index (χ1) is 14.9. The van der Waals surface area contributed by atoms with E-state index in [1.54, 1.807) is 13.0 Å². The van der Waals surface area contributed by atoms with Crippen molar-refractivity contribution in [2.75, 3.05) is 11.9 Å². The summed E-state index contributed by atoms with van der Waals surface area (Å²) in [6, 6.07) is 9.43. The molecule has 8 nitrogen and oxygen atoms in total. The predicted octanol–water partition coefficient (Wildman–Crippen LogP) is 3.56. The van der Waals surface area contributed by atoms with Gasteiger partial charge >= 0.3 is 0 Å². The molecule has 0 amide bonds. The Balaban J connectivity index is 1.60. The van der Waals surface area contributed by atoms with Gasteiger partial charge in [0, 0.05) is 46.6 Å². The summed E-state index contributed by atoms with van der Waals surface area (Å²) in [6.45, 7) is 2.63. The minimum Gasteiger partial charge on any atom is -0.402 e. The Hall–Kier alpha value is -2.70. The molecule has 2 fully saturated rings. The molecule has 3 atom stereocenters. The fraction of sp³-hybridized carbons (Fsp3) is 0.455. The van der Waals surface area contributed by atoms with Gasteiger partial charge in [0.2, 0.25) is 5.95 Å². The van der Waals surface area contributed by atoms with E-state index in [-0.39, 0.29) is 0 Å². The van der Waals surface area contributed by atoms with E-state index in [2.05, 4.69) is 42.2 Å². The van der Waals surface area contributed by atoms with Crippen LogP contribution in [0.3, 0.4) is 0 Å². The molecule has 31 heavy (non-hydrogen) atoms. The molecule has 1 aromatic carbocycles. The van der Waals surface area contributed by atoms with Gasteiger partial charge in [-0.2, -0.15) is 10.2 Å². The summed E-state index contributed by atoms with van der Waals surface area (Å²) in [7, 11) is 0. The maximum atomic E-state index is 8.94. The third-order valence-corrected chi connectivity index (χ3v) is 6.44. The van der Waals surface area contributed by atoms with Gasteiger partial charge in [-0.05, 0) is 56.9 Å². The Bertz CT molecular complexity index is 1060. The fourth-order valence-corrected chi connectivity index (χ4v) is 5.09. The predicted molar refractivity (Wildman–Crippen MR) is 127 cm³/mol. The molecule has 162 valence electrons. The van der Waals surface area contributed by atoms with Gasteiger partial charge in [0.1, 0.15) is 5.84 Å². The van der Waals surface area contributed by atoms with Gasteiger partial charge < -0.3 is 16.8 Å². The van der Waals surface area contributed by atoms with Crippen LogP contribution in [0.15, 0.2) is 39.4 Å². The van der Waals surface area contributed by atoms with Crippen LogP contribution in [0.1, 0.15) is 39.0 Å². The number of fused-ring (bicyclic) bond motifs is 3. The molecule has 1 aromatic heterocycles. The summed E-state index contributed by atoms with van der Waals surface area (Å²) in [5, 5.41) is 13.3. The van der Waals surface area contributed by atoms with Crippen molar-refractivity contribution >= 4 is 44.4 Å². The molecule has 0 saturated carbocycles. The van der Waals surface area contributed by atoms with Gasteiger partial charge in [-0.1, -0.05) is 15.9 Å². The number of piperidine rings is 1. The largest absolute Gasteiger partial charge is 0.402 e. The Morgan fingerprint density at radius 2 is 2.06 bits per heavy atom. The average Bonchev–Trinajstić information content (AvgIpc) is 2.93. The van der Waals surface area contributed by atoms with Crippen LogP contribution in [-0.2, 0) is 0 Å². The lowest BCUT2D eigenvalue weighted by Crippen LogP contribution is -2.47. The summed E-state index contributed by atoms with van der Waals surface area (Å²) < 4.78 is 0.939. The Morgan fingerprint density at radius 1 is 1.32 bits per heavy atom. The number of nitrogens with one attached hydrogen (secondary N) is 1. The minimum absolute atomic E-state index is 0.292. The summed E-state index contributed by atoms with van der Waals surface area (Å²) in [6.07, 6.45) is 6.64. The van der Waals surface area contributed by atoms with Gasteiger partial charge in [0.25, 0.3) is 0 Å². The molecule has 0 aliphatic carbocycles. The number of aliphatic imine (C=N–C) groups is 1.